The van der Waals surface area contributed by atoms with Crippen LogP contribution in [0.5, 0.6) is 0 Å². The number of halogens is 1. The molecule has 0 radical (unpaired) electrons. The lowest BCUT2D eigenvalue weighted by atomic mass is 9.34. The molecule has 9 heteroatoms. The van der Waals surface area contributed by atoms with Crippen molar-refractivity contribution in [2.24, 2.45) is 62.6 Å². The number of allylic oxidation sites excluding steroid dienone is 1. The quantitative estimate of drug-likeness (QED) is 0.259. The molecule has 2 bridgehead atoms. The van der Waals surface area contributed by atoms with Gasteiger partial charge in [0.2, 0.25) is 5.28 Å². The van der Waals surface area contributed by atoms with Crippen LogP contribution >= 0.6 is 11.6 Å². The molecule has 4 aliphatic carbocycles. The van der Waals surface area contributed by atoms with Crippen LogP contribution in [0, 0.1) is 62.6 Å². The number of carbonyl (C=O) groups is 1. The highest BCUT2D eigenvalue weighted by atomic mass is 35.5. The molecule has 3 saturated carbocycles. The van der Waals surface area contributed by atoms with Gasteiger partial charge in [0.25, 0.3) is 0 Å². The third-order valence-corrected chi connectivity index (χ3v) is 17.1. The number of rotatable bonds is 9. The molecule has 1 unspecified atom stereocenters. The predicted octanol–water partition coefficient (Wildman–Crippen LogP) is 8.42. The zero-order valence-corrected chi connectivity index (χ0v) is 33.2. The number of nitrogens with zero attached hydrogens (tertiary/aromatic N) is 4. The largest absolute Gasteiger partial charge is 0.481 e. The first kappa shape index (κ1) is 37.3. The molecule has 1 aromatic heterocycles. The summed E-state index contributed by atoms with van der Waals surface area (Å²) >= 11 is 6.82. The van der Waals surface area contributed by atoms with Crippen molar-refractivity contribution in [3.05, 3.63) is 23.3 Å². The fourth-order valence-corrected chi connectivity index (χ4v) is 12.9. The van der Waals surface area contributed by atoms with E-state index in [1.807, 2.05) is 0 Å². The van der Waals surface area contributed by atoms with E-state index in [2.05, 4.69) is 109 Å². The smallest absolute Gasteiger partial charge is 0.307 e. The van der Waals surface area contributed by atoms with Crippen LogP contribution in [0.3, 0.4) is 0 Å². The van der Waals surface area contributed by atoms with Crippen LogP contribution in [0.4, 0.5) is 0 Å². The molecular formula is C40H65ClN4O4. The Morgan fingerprint density at radius 1 is 1.12 bits per heavy atom. The van der Waals surface area contributed by atoms with Gasteiger partial charge in [0.1, 0.15) is 6.33 Å². The molecule has 5 aliphatic rings. The van der Waals surface area contributed by atoms with Crippen molar-refractivity contribution in [1.29, 1.82) is 0 Å². The molecule has 12 atom stereocenters. The van der Waals surface area contributed by atoms with Crippen molar-refractivity contribution in [3.8, 4) is 0 Å². The van der Waals surface area contributed by atoms with Gasteiger partial charge >= 0.3 is 5.97 Å². The summed E-state index contributed by atoms with van der Waals surface area (Å²) in [5, 5.41) is 20.0. The molecule has 276 valence electrons. The van der Waals surface area contributed by atoms with Crippen LogP contribution in [0.25, 0.3) is 0 Å². The van der Waals surface area contributed by atoms with E-state index < -0.39 is 11.9 Å². The minimum Gasteiger partial charge on any atom is -0.481 e. The minimum absolute atomic E-state index is 0.0553. The number of hydrogen-bond donors (Lipinski definition) is 1. The first-order valence-electron chi connectivity index (χ1n) is 19.1. The summed E-state index contributed by atoms with van der Waals surface area (Å²) in [6.07, 6.45) is 9.95. The average molecular weight is 701 g/mol. The van der Waals surface area contributed by atoms with E-state index in [0.29, 0.717) is 54.7 Å². The van der Waals surface area contributed by atoms with Gasteiger partial charge in [-0.05, 0) is 117 Å². The Bertz CT molecular complexity index is 1450. The highest BCUT2D eigenvalue weighted by Crippen LogP contribution is 2.75. The Labute approximate surface area is 301 Å². The van der Waals surface area contributed by atoms with E-state index in [-0.39, 0.29) is 44.8 Å². The number of carboxylic acid groups (broad SMARTS) is 1. The van der Waals surface area contributed by atoms with Crippen molar-refractivity contribution < 1.29 is 19.4 Å². The molecule has 1 saturated heterocycles. The van der Waals surface area contributed by atoms with Crippen molar-refractivity contribution in [1.82, 2.24) is 19.7 Å². The number of likely N-dealkylation sites (N-methyl/N-ethyl adjacent to an activating group) is 1. The number of carboxylic acids is 1. The number of aromatic nitrogens is 3. The Morgan fingerprint density at radius 3 is 2.39 bits per heavy atom. The van der Waals surface area contributed by atoms with Crippen LogP contribution in [-0.4, -0.2) is 76.3 Å². The predicted molar refractivity (Wildman–Crippen MR) is 194 cm³/mol. The van der Waals surface area contributed by atoms with Crippen molar-refractivity contribution >= 4 is 17.6 Å². The van der Waals surface area contributed by atoms with E-state index in [1.165, 1.54) is 5.57 Å². The lowest BCUT2D eigenvalue weighted by Gasteiger charge is -2.71. The van der Waals surface area contributed by atoms with Gasteiger partial charge in [-0.3, -0.25) is 9.36 Å². The Kier molecular flexibility index (Phi) is 9.36. The monoisotopic (exact) mass is 700 g/mol. The number of fused-ring (bicyclic) bond motifs is 3. The summed E-state index contributed by atoms with van der Waals surface area (Å²) in [5.41, 5.74) is 0.187. The standard InChI is InChI=1S/C40H65ClN4O4/c1-24(2)26(5)35(6)17-18-37(8)27-13-14-30-36(7)20-48-22-40(30,28(27)15-16-38(37,9)31(35)33(46)47)19-29(45-23-42-43-34(45)41)32(36)49-21-39(10,25(3)4)44(11)12/h15,23-27,29-32H,13-14,16-22H2,1-12H3,(H,46,47)/t26-,27+,29-,30+,31-,32+,35-,36-,37-,38+,39?,40+/m1/s1. The molecule has 2 heterocycles. The molecule has 1 N–H and O–H groups in total. The maximum Gasteiger partial charge on any atom is 0.307 e. The highest BCUT2D eigenvalue weighted by Gasteiger charge is 2.72. The van der Waals surface area contributed by atoms with Crippen molar-refractivity contribution in [2.75, 3.05) is 33.9 Å². The van der Waals surface area contributed by atoms with Gasteiger partial charge in [-0.25, -0.2) is 0 Å². The second kappa shape index (κ2) is 12.3. The van der Waals surface area contributed by atoms with Gasteiger partial charge in [-0.15, -0.1) is 10.2 Å². The summed E-state index contributed by atoms with van der Waals surface area (Å²) in [6.45, 7) is 25.0. The SMILES string of the molecule is CC(C)[C@@H](C)[C@@]1(C)CC[C@]2(C)[C@H]3CC[C@@H]4[C@@]5(COC[C@@]4(C)[C@@H](OCC(C)(C(C)C)N(C)C)[C@H](n4cnnc4Cl)C5)C3=CC[C@@]2(C)[C@@H]1C(=O)O. The summed E-state index contributed by atoms with van der Waals surface area (Å²) in [7, 11) is 4.29. The summed E-state index contributed by atoms with van der Waals surface area (Å²) in [5.74, 6) is 0.805. The van der Waals surface area contributed by atoms with Crippen molar-refractivity contribution in [3.63, 3.8) is 0 Å². The van der Waals surface area contributed by atoms with E-state index >= 15 is 0 Å². The van der Waals surface area contributed by atoms with E-state index in [1.54, 1.807) is 6.33 Å². The van der Waals surface area contributed by atoms with Gasteiger partial charge in [0.05, 0.1) is 37.9 Å². The van der Waals surface area contributed by atoms with Gasteiger partial charge in [0.15, 0.2) is 0 Å². The number of hydrogen-bond acceptors (Lipinski definition) is 6. The molecule has 0 aromatic carbocycles. The number of ether oxygens (including phenoxy) is 2. The van der Waals surface area contributed by atoms with Crippen LogP contribution < -0.4 is 0 Å². The molecule has 8 nitrogen and oxygen atoms in total. The average Bonchev–Trinajstić information content (AvgIpc) is 3.45. The normalized spacial score (nSPS) is 43.8. The molecule has 4 fully saturated rings. The maximum absolute atomic E-state index is 13.5. The third kappa shape index (κ3) is 5.10. The fraction of sp³-hybridized carbons (Fsp3) is 0.875. The van der Waals surface area contributed by atoms with Gasteiger partial charge < -0.3 is 19.5 Å². The Balaban J connectivity index is 1.45. The number of aliphatic carboxylic acids is 1. The van der Waals surface area contributed by atoms with Crippen LogP contribution in [0.2, 0.25) is 5.28 Å². The fourth-order valence-electron chi connectivity index (χ4n) is 12.7. The highest BCUT2D eigenvalue weighted by molar-refractivity contribution is 6.28. The minimum atomic E-state index is -0.619. The zero-order chi connectivity index (χ0) is 36.1. The van der Waals surface area contributed by atoms with Crippen LogP contribution in [0.1, 0.15) is 114 Å². The molecular weight excluding hydrogens is 636 g/mol. The second-order valence-corrected chi connectivity index (χ2v) is 19.6. The topological polar surface area (TPSA) is 89.7 Å². The van der Waals surface area contributed by atoms with Crippen LogP contribution in [-0.2, 0) is 14.3 Å². The first-order valence-corrected chi connectivity index (χ1v) is 19.5. The Hall–Kier alpha value is -1.48. The third-order valence-electron chi connectivity index (χ3n) is 16.8. The molecule has 0 amide bonds. The van der Waals surface area contributed by atoms with Crippen LogP contribution in [0.15, 0.2) is 18.0 Å². The van der Waals surface area contributed by atoms with E-state index in [4.69, 9.17) is 21.1 Å². The van der Waals surface area contributed by atoms with Gasteiger partial charge in [-0.1, -0.05) is 74.0 Å². The van der Waals surface area contributed by atoms with Crippen molar-refractivity contribution in [2.45, 2.75) is 125 Å². The molecule has 1 aliphatic heterocycles. The summed E-state index contributed by atoms with van der Waals surface area (Å²) in [6, 6.07) is -0.0553. The molecule has 1 aromatic rings. The maximum atomic E-state index is 13.5. The second-order valence-electron chi connectivity index (χ2n) is 19.3. The van der Waals surface area contributed by atoms with E-state index in [0.717, 1.165) is 38.5 Å². The molecule has 49 heavy (non-hydrogen) atoms. The Morgan fingerprint density at radius 2 is 1.82 bits per heavy atom. The van der Waals surface area contributed by atoms with Gasteiger partial charge in [0, 0.05) is 16.4 Å². The first-order chi connectivity index (χ1) is 22.7. The van der Waals surface area contributed by atoms with E-state index in [9.17, 15) is 9.90 Å². The van der Waals surface area contributed by atoms with Gasteiger partial charge in [-0.2, -0.15) is 0 Å². The lowest BCUT2D eigenvalue weighted by molar-refractivity contribution is -0.254. The summed E-state index contributed by atoms with van der Waals surface area (Å²) in [4.78, 5) is 15.8. The summed E-state index contributed by atoms with van der Waals surface area (Å²) < 4.78 is 16.0. The zero-order valence-electron chi connectivity index (χ0n) is 32.5. The molecule has 6 rings (SSSR count). The molecule has 0 spiro atoms. The lowest BCUT2D eigenvalue weighted by Crippen LogP contribution is -2.69.